The summed E-state index contributed by atoms with van der Waals surface area (Å²) in [4.78, 5) is 15.7. The van der Waals surface area contributed by atoms with Crippen molar-refractivity contribution in [3.63, 3.8) is 0 Å². The minimum absolute atomic E-state index is 0.0873. The summed E-state index contributed by atoms with van der Waals surface area (Å²) in [5.74, 6) is 0.583. The van der Waals surface area contributed by atoms with Crippen LogP contribution in [0.25, 0.3) is 0 Å². The Balaban J connectivity index is 1.75. The largest absolute Gasteiger partial charge is 0.474 e. The van der Waals surface area contributed by atoms with Crippen LogP contribution in [0.3, 0.4) is 0 Å². The number of aromatic nitrogens is 1. The quantitative estimate of drug-likeness (QED) is 0.864. The van der Waals surface area contributed by atoms with Crippen LogP contribution in [-0.2, 0) is 4.79 Å². The van der Waals surface area contributed by atoms with E-state index in [2.05, 4.69) is 10.3 Å². The molecule has 1 aromatic rings. The van der Waals surface area contributed by atoms with Gasteiger partial charge in [-0.2, -0.15) is 0 Å². The molecule has 1 saturated carbocycles. The van der Waals surface area contributed by atoms with Gasteiger partial charge in [-0.3, -0.25) is 4.79 Å². The van der Waals surface area contributed by atoms with E-state index in [9.17, 15) is 4.79 Å². The van der Waals surface area contributed by atoms with E-state index in [1.165, 1.54) is 0 Å². The molecule has 0 bridgehead atoms. The maximum absolute atomic E-state index is 11.5. The zero-order valence-electron chi connectivity index (χ0n) is 11.0. The monoisotopic (exact) mass is 282 g/mol. The highest BCUT2D eigenvalue weighted by atomic mass is 35.5. The molecule has 1 atom stereocenters. The van der Waals surface area contributed by atoms with E-state index in [-0.39, 0.29) is 18.1 Å². The van der Waals surface area contributed by atoms with Crippen LogP contribution in [-0.4, -0.2) is 28.4 Å². The van der Waals surface area contributed by atoms with E-state index < -0.39 is 5.38 Å². The van der Waals surface area contributed by atoms with Crippen molar-refractivity contribution in [3.05, 3.63) is 24.4 Å². The van der Waals surface area contributed by atoms with Gasteiger partial charge in [0.05, 0.1) is 0 Å². The van der Waals surface area contributed by atoms with Gasteiger partial charge in [0, 0.05) is 18.3 Å². The molecule has 0 aliphatic heterocycles. The molecule has 4 nitrogen and oxygen atoms in total. The minimum atomic E-state index is -0.470. The van der Waals surface area contributed by atoms with Crippen LogP contribution in [0.2, 0.25) is 0 Å². The SMILES string of the molecule is CC(Cl)C(=O)NC1CCC(Oc2ccccn2)CC1. The lowest BCUT2D eigenvalue weighted by Gasteiger charge is -2.29. The fraction of sp³-hybridized carbons (Fsp3) is 0.571. The second-order valence-electron chi connectivity index (χ2n) is 4.88. The van der Waals surface area contributed by atoms with Gasteiger partial charge < -0.3 is 10.1 Å². The summed E-state index contributed by atoms with van der Waals surface area (Å²) in [5.41, 5.74) is 0. The molecule has 2 rings (SSSR count). The molecule has 0 saturated heterocycles. The summed E-state index contributed by atoms with van der Waals surface area (Å²) in [6.45, 7) is 1.69. The van der Waals surface area contributed by atoms with E-state index in [1.54, 1.807) is 13.1 Å². The third kappa shape index (κ3) is 4.39. The second kappa shape index (κ2) is 6.75. The molecule has 0 radical (unpaired) electrons. The van der Waals surface area contributed by atoms with Gasteiger partial charge in [-0.25, -0.2) is 4.98 Å². The third-order valence-corrected chi connectivity index (χ3v) is 3.51. The molecule has 1 fully saturated rings. The molecule has 104 valence electrons. The number of carbonyl (C=O) groups excluding carboxylic acids is 1. The second-order valence-corrected chi connectivity index (χ2v) is 5.54. The number of hydrogen-bond donors (Lipinski definition) is 1. The number of alkyl halides is 1. The minimum Gasteiger partial charge on any atom is -0.474 e. The molecule has 1 aromatic heterocycles. The average molecular weight is 283 g/mol. The highest BCUT2D eigenvalue weighted by Crippen LogP contribution is 2.22. The molecular formula is C14H19ClN2O2. The van der Waals surface area contributed by atoms with Crippen molar-refractivity contribution < 1.29 is 9.53 Å². The molecule has 1 amide bonds. The van der Waals surface area contributed by atoms with Gasteiger partial charge in [-0.15, -0.1) is 11.6 Å². The molecule has 19 heavy (non-hydrogen) atoms. The summed E-state index contributed by atoms with van der Waals surface area (Å²) in [5, 5.41) is 2.49. The summed E-state index contributed by atoms with van der Waals surface area (Å²) in [7, 11) is 0. The molecule has 1 aliphatic rings. The molecule has 1 heterocycles. The maximum Gasteiger partial charge on any atom is 0.237 e. The molecule has 1 N–H and O–H groups in total. The zero-order valence-corrected chi connectivity index (χ0v) is 11.8. The Morgan fingerprint density at radius 3 is 2.74 bits per heavy atom. The van der Waals surface area contributed by atoms with Gasteiger partial charge in [0.2, 0.25) is 11.8 Å². The number of nitrogens with zero attached hydrogens (tertiary/aromatic N) is 1. The number of hydrogen-bond acceptors (Lipinski definition) is 3. The Labute approximate surface area is 118 Å². The normalized spacial score (nSPS) is 24.5. The van der Waals surface area contributed by atoms with E-state index in [0.29, 0.717) is 5.88 Å². The highest BCUT2D eigenvalue weighted by molar-refractivity contribution is 6.30. The number of amides is 1. The number of carbonyl (C=O) groups is 1. The lowest BCUT2D eigenvalue weighted by atomic mass is 9.93. The molecule has 1 aliphatic carbocycles. The molecule has 0 aromatic carbocycles. The lowest BCUT2D eigenvalue weighted by molar-refractivity contribution is -0.121. The summed E-state index contributed by atoms with van der Waals surface area (Å²) < 4.78 is 5.81. The number of halogens is 1. The first-order valence-corrected chi connectivity index (χ1v) is 7.11. The van der Waals surface area contributed by atoms with Gasteiger partial charge in [-0.05, 0) is 38.7 Å². The Hall–Kier alpha value is -1.29. The van der Waals surface area contributed by atoms with Crippen molar-refractivity contribution in [1.29, 1.82) is 0 Å². The first kappa shape index (κ1) is 14.1. The summed E-state index contributed by atoms with van der Waals surface area (Å²) in [6, 6.07) is 5.86. The van der Waals surface area contributed by atoms with Crippen LogP contribution in [0.4, 0.5) is 0 Å². The van der Waals surface area contributed by atoms with Crippen molar-refractivity contribution in [1.82, 2.24) is 10.3 Å². The summed E-state index contributed by atoms with van der Waals surface area (Å²) in [6.07, 6.45) is 5.62. The first-order chi connectivity index (χ1) is 9.15. The number of rotatable bonds is 4. The maximum atomic E-state index is 11.5. The average Bonchev–Trinajstić information content (AvgIpc) is 2.42. The van der Waals surface area contributed by atoms with Crippen LogP contribution in [0, 0.1) is 0 Å². The Bertz CT molecular complexity index is 403. The predicted molar refractivity (Wildman–Crippen MR) is 74.4 cm³/mol. The highest BCUT2D eigenvalue weighted by Gasteiger charge is 2.24. The van der Waals surface area contributed by atoms with E-state index in [1.807, 2.05) is 18.2 Å². The van der Waals surface area contributed by atoms with Crippen molar-refractivity contribution >= 4 is 17.5 Å². The van der Waals surface area contributed by atoms with E-state index in [4.69, 9.17) is 16.3 Å². The Morgan fingerprint density at radius 1 is 1.42 bits per heavy atom. The number of pyridine rings is 1. The van der Waals surface area contributed by atoms with E-state index in [0.717, 1.165) is 25.7 Å². The first-order valence-electron chi connectivity index (χ1n) is 6.67. The standard InChI is InChI=1S/C14H19ClN2O2/c1-10(15)14(18)17-11-5-7-12(8-6-11)19-13-4-2-3-9-16-13/h2-4,9-12H,5-8H2,1H3,(H,17,18). The van der Waals surface area contributed by atoms with Crippen LogP contribution < -0.4 is 10.1 Å². The van der Waals surface area contributed by atoms with Crippen molar-refractivity contribution in [2.45, 2.75) is 50.1 Å². The third-order valence-electron chi connectivity index (χ3n) is 3.31. The molecule has 5 heteroatoms. The topological polar surface area (TPSA) is 51.2 Å². The van der Waals surface area contributed by atoms with Crippen LogP contribution >= 0.6 is 11.6 Å². The lowest BCUT2D eigenvalue weighted by Crippen LogP contribution is -2.42. The predicted octanol–water partition coefficient (Wildman–Crippen LogP) is 2.52. The van der Waals surface area contributed by atoms with Crippen molar-refractivity contribution in [3.8, 4) is 5.88 Å². The van der Waals surface area contributed by atoms with Crippen molar-refractivity contribution in [2.75, 3.05) is 0 Å². The number of nitrogens with one attached hydrogen (secondary N) is 1. The fourth-order valence-corrected chi connectivity index (χ4v) is 2.29. The van der Waals surface area contributed by atoms with E-state index >= 15 is 0 Å². The van der Waals surface area contributed by atoms with Crippen molar-refractivity contribution in [2.24, 2.45) is 0 Å². The Kier molecular flexibility index (Phi) is 5.02. The van der Waals surface area contributed by atoms with Crippen LogP contribution in [0.1, 0.15) is 32.6 Å². The van der Waals surface area contributed by atoms with Gasteiger partial charge >= 0.3 is 0 Å². The molecule has 0 spiro atoms. The van der Waals surface area contributed by atoms with Gasteiger partial charge in [0.1, 0.15) is 11.5 Å². The van der Waals surface area contributed by atoms with Gasteiger partial charge in [-0.1, -0.05) is 6.07 Å². The zero-order chi connectivity index (χ0) is 13.7. The van der Waals surface area contributed by atoms with Crippen LogP contribution in [0.15, 0.2) is 24.4 Å². The van der Waals surface area contributed by atoms with Gasteiger partial charge in [0.25, 0.3) is 0 Å². The molecular weight excluding hydrogens is 264 g/mol. The van der Waals surface area contributed by atoms with Gasteiger partial charge in [0.15, 0.2) is 0 Å². The fourth-order valence-electron chi connectivity index (χ4n) is 2.23. The van der Waals surface area contributed by atoms with Crippen LogP contribution in [0.5, 0.6) is 5.88 Å². The Morgan fingerprint density at radius 2 is 2.16 bits per heavy atom. The number of ether oxygens (including phenoxy) is 1. The summed E-state index contributed by atoms with van der Waals surface area (Å²) >= 11 is 5.74. The smallest absolute Gasteiger partial charge is 0.237 e. The molecule has 1 unspecified atom stereocenters.